The molecule has 0 aromatic carbocycles. The molecule has 0 atom stereocenters. The summed E-state index contributed by atoms with van der Waals surface area (Å²) >= 11 is 0. The monoisotopic (exact) mass is 317 g/mol. The third kappa shape index (κ3) is 3.60. The largest absolute Gasteiger partial charge is 0.352 e. The molecule has 0 aliphatic carbocycles. The lowest BCUT2D eigenvalue weighted by atomic mass is 10.1. The molecule has 0 spiro atoms. The highest BCUT2D eigenvalue weighted by molar-refractivity contribution is 5.92. The van der Waals surface area contributed by atoms with Crippen molar-refractivity contribution in [1.29, 1.82) is 0 Å². The summed E-state index contributed by atoms with van der Waals surface area (Å²) in [5, 5.41) is 8.33. The molecule has 7 heteroatoms. The molecular formula is C16H23N5O2. The number of hydrogen-bond acceptors (Lipinski definition) is 5. The van der Waals surface area contributed by atoms with E-state index in [1.165, 1.54) is 6.42 Å². The van der Waals surface area contributed by atoms with Gasteiger partial charge in [-0.25, -0.2) is 0 Å². The molecular weight excluding hydrogens is 294 g/mol. The fourth-order valence-corrected chi connectivity index (χ4v) is 3.12. The lowest BCUT2D eigenvalue weighted by Crippen LogP contribution is -2.48. The Morgan fingerprint density at radius 2 is 1.57 bits per heavy atom. The number of piperidine rings is 1. The second-order valence-corrected chi connectivity index (χ2v) is 6.12. The lowest BCUT2D eigenvalue weighted by molar-refractivity contribution is -0.129. The summed E-state index contributed by atoms with van der Waals surface area (Å²) in [7, 11) is 0. The summed E-state index contributed by atoms with van der Waals surface area (Å²) in [6.45, 7) is 6.11. The number of piperazine rings is 1. The van der Waals surface area contributed by atoms with Crippen LogP contribution in [0, 0.1) is 0 Å². The number of nitrogens with zero attached hydrogens (tertiary/aromatic N) is 5. The SMILES string of the molecule is CC(=O)N1CCN(c2ccc(C(=O)N3CCCCC3)nn2)CC1. The average molecular weight is 317 g/mol. The number of likely N-dealkylation sites (tertiary alicyclic amines) is 1. The van der Waals surface area contributed by atoms with Gasteiger partial charge in [0.15, 0.2) is 11.5 Å². The summed E-state index contributed by atoms with van der Waals surface area (Å²) in [5.74, 6) is 0.853. The molecule has 2 amide bonds. The van der Waals surface area contributed by atoms with Crippen LogP contribution in [0.1, 0.15) is 36.7 Å². The summed E-state index contributed by atoms with van der Waals surface area (Å²) in [6, 6.07) is 3.62. The standard InChI is InChI=1S/C16H23N5O2/c1-13(22)19-9-11-20(12-10-19)15-6-5-14(17-18-15)16(23)21-7-3-2-4-8-21/h5-6H,2-4,7-12H2,1H3. The number of amides is 2. The molecule has 2 aliphatic heterocycles. The molecule has 0 radical (unpaired) electrons. The number of hydrogen-bond donors (Lipinski definition) is 0. The molecule has 0 saturated carbocycles. The van der Waals surface area contributed by atoms with Crippen LogP contribution in [0.15, 0.2) is 12.1 Å². The van der Waals surface area contributed by atoms with Gasteiger partial charge in [0.25, 0.3) is 5.91 Å². The first-order chi connectivity index (χ1) is 11.1. The summed E-state index contributed by atoms with van der Waals surface area (Å²) in [5.41, 5.74) is 0.415. The highest BCUT2D eigenvalue weighted by Gasteiger charge is 2.22. The van der Waals surface area contributed by atoms with E-state index in [0.717, 1.165) is 44.8 Å². The van der Waals surface area contributed by atoms with Crippen LogP contribution in [0.25, 0.3) is 0 Å². The van der Waals surface area contributed by atoms with Crippen molar-refractivity contribution in [3.63, 3.8) is 0 Å². The van der Waals surface area contributed by atoms with Crippen LogP contribution in [0.2, 0.25) is 0 Å². The highest BCUT2D eigenvalue weighted by atomic mass is 16.2. The van der Waals surface area contributed by atoms with Crippen molar-refractivity contribution in [2.24, 2.45) is 0 Å². The molecule has 0 unspecified atom stereocenters. The van der Waals surface area contributed by atoms with E-state index >= 15 is 0 Å². The van der Waals surface area contributed by atoms with Gasteiger partial charge in [0, 0.05) is 46.2 Å². The van der Waals surface area contributed by atoms with Crippen LogP contribution in [-0.4, -0.2) is 71.1 Å². The second-order valence-electron chi connectivity index (χ2n) is 6.12. The number of aromatic nitrogens is 2. The molecule has 3 heterocycles. The Morgan fingerprint density at radius 3 is 2.13 bits per heavy atom. The third-order valence-corrected chi connectivity index (χ3v) is 4.56. The van der Waals surface area contributed by atoms with E-state index in [-0.39, 0.29) is 11.8 Å². The van der Waals surface area contributed by atoms with Gasteiger partial charge < -0.3 is 14.7 Å². The Morgan fingerprint density at radius 1 is 0.870 bits per heavy atom. The van der Waals surface area contributed by atoms with E-state index in [0.29, 0.717) is 18.8 Å². The molecule has 1 aromatic rings. The minimum Gasteiger partial charge on any atom is -0.352 e. The highest BCUT2D eigenvalue weighted by Crippen LogP contribution is 2.15. The van der Waals surface area contributed by atoms with Crippen molar-refractivity contribution in [3.8, 4) is 0 Å². The molecule has 23 heavy (non-hydrogen) atoms. The van der Waals surface area contributed by atoms with Gasteiger partial charge in [-0.2, -0.15) is 0 Å². The molecule has 124 valence electrons. The molecule has 3 rings (SSSR count). The summed E-state index contributed by atoms with van der Waals surface area (Å²) in [6.07, 6.45) is 3.33. The molecule has 0 N–H and O–H groups in total. The minimum atomic E-state index is -0.0230. The van der Waals surface area contributed by atoms with Crippen molar-refractivity contribution >= 4 is 17.6 Å². The zero-order chi connectivity index (χ0) is 16.2. The molecule has 0 bridgehead atoms. The molecule has 1 aromatic heterocycles. The number of carbonyl (C=O) groups is 2. The first-order valence-electron chi connectivity index (χ1n) is 8.28. The first-order valence-corrected chi connectivity index (χ1v) is 8.28. The third-order valence-electron chi connectivity index (χ3n) is 4.56. The van der Waals surface area contributed by atoms with Gasteiger partial charge in [-0.1, -0.05) is 0 Å². The molecule has 2 fully saturated rings. The number of rotatable bonds is 2. The van der Waals surface area contributed by atoms with Crippen molar-refractivity contribution in [2.75, 3.05) is 44.2 Å². The van der Waals surface area contributed by atoms with Crippen molar-refractivity contribution < 1.29 is 9.59 Å². The normalized spacial score (nSPS) is 18.9. The van der Waals surface area contributed by atoms with Crippen LogP contribution in [-0.2, 0) is 4.79 Å². The Labute approximate surface area is 136 Å². The van der Waals surface area contributed by atoms with Crippen molar-refractivity contribution in [1.82, 2.24) is 20.0 Å². The smallest absolute Gasteiger partial charge is 0.274 e. The lowest BCUT2D eigenvalue weighted by Gasteiger charge is -2.34. The van der Waals surface area contributed by atoms with Crippen LogP contribution in [0.3, 0.4) is 0 Å². The van der Waals surface area contributed by atoms with E-state index in [1.807, 2.05) is 15.9 Å². The van der Waals surface area contributed by atoms with Crippen molar-refractivity contribution in [2.45, 2.75) is 26.2 Å². The van der Waals surface area contributed by atoms with Gasteiger partial charge in [0.1, 0.15) is 0 Å². The molecule has 2 saturated heterocycles. The van der Waals surface area contributed by atoms with Gasteiger partial charge >= 0.3 is 0 Å². The molecule has 7 nitrogen and oxygen atoms in total. The summed E-state index contributed by atoms with van der Waals surface area (Å²) in [4.78, 5) is 29.5. The fraction of sp³-hybridized carbons (Fsp3) is 0.625. The maximum Gasteiger partial charge on any atom is 0.274 e. The van der Waals surface area contributed by atoms with E-state index in [9.17, 15) is 9.59 Å². The van der Waals surface area contributed by atoms with Crippen LogP contribution in [0.5, 0.6) is 0 Å². The van der Waals surface area contributed by atoms with Gasteiger partial charge in [-0.15, -0.1) is 10.2 Å². The Hall–Kier alpha value is -2.18. The number of anilines is 1. The summed E-state index contributed by atoms with van der Waals surface area (Å²) < 4.78 is 0. The number of carbonyl (C=O) groups excluding carboxylic acids is 2. The van der Waals surface area contributed by atoms with E-state index in [2.05, 4.69) is 15.1 Å². The maximum atomic E-state index is 12.4. The predicted molar refractivity (Wildman–Crippen MR) is 86.3 cm³/mol. The van der Waals surface area contributed by atoms with E-state index in [4.69, 9.17) is 0 Å². The van der Waals surface area contributed by atoms with Gasteiger partial charge in [-0.05, 0) is 31.4 Å². The Balaban J connectivity index is 1.61. The zero-order valence-electron chi connectivity index (χ0n) is 13.6. The van der Waals surface area contributed by atoms with Gasteiger partial charge in [-0.3, -0.25) is 9.59 Å². The Kier molecular flexibility index (Phi) is 4.73. The predicted octanol–water partition coefficient (Wildman–Crippen LogP) is 0.771. The van der Waals surface area contributed by atoms with Gasteiger partial charge in [0.05, 0.1) is 0 Å². The van der Waals surface area contributed by atoms with Crippen LogP contribution in [0.4, 0.5) is 5.82 Å². The van der Waals surface area contributed by atoms with Crippen LogP contribution < -0.4 is 4.90 Å². The zero-order valence-corrected chi connectivity index (χ0v) is 13.6. The maximum absolute atomic E-state index is 12.4. The van der Waals surface area contributed by atoms with Gasteiger partial charge in [0.2, 0.25) is 5.91 Å². The fourth-order valence-electron chi connectivity index (χ4n) is 3.12. The minimum absolute atomic E-state index is 0.0230. The average Bonchev–Trinajstić information content (AvgIpc) is 2.62. The first kappa shape index (κ1) is 15.7. The molecule has 2 aliphatic rings. The van der Waals surface area contributed by atoms with E-state index < -0.39 is 0 Å². The van der Waals surface area contributed by atoms with Crippen LogP contribution >= 0.6 is 0 Å². The Bertz CT molecular complexity index is 560. The topological polar surface area (TPSA) is 69.6 Å². The second kappa shape index (κ2) is 6.93. The quantitative estimate of drug-likeness (QED) is 0.806. The van der Waals surface area contributed by atoms with E-state index in [1.54, 1.807) is 13.0 Å². The van der Waals surface area contributed by atoms with Crippen molar-refractivity contribution in [3.05, 3.63) is 17.8 Å².